The molecule has 4 rings (SSSR count). The van der Waals surface area contributed by atoms with Gasteiger partial charge in [-0.1, -0.05) is 18.2 Å². The molecular formula is C16H11BrN4O3S. The standard InChI is InChI=1S/C16H11BrN4O3S/c1-9-6-7-13(11(17)8-9)25(23,24)16-14-18-15(22)10-4-2-3-5-12(10)21(14)20-19-16/h2-8,20H,1H3. The fourth-order valence-electron chi connectivity index (χ4n) is 2.67. The Morgan fingerprint density at radius 2 is 1.92 bits per heavy atom. The van der Waals surface area contributed by atoms with Crippen LogP contribution in [0.1, 0.15) is 5.56 Å². The molecule has 0 amide bonds. The zero-order chi connectivity index (χ0) is 17.8. The van der Waals surface area contributed by atoms with Crippen molar-refractivity contribution in [2.45, 2.75) is 16.8 Å². The van der Waals surface area contributed by atoms with Gasteiger partial charge in [-0.15, -0.1) is 5.10 Å². The van der Waals surface area contributed by atoms with Crippen molar-refractivity contribution >= 4 is 42.3 Å². The molecular weight excluding hydrogens is 408 g/mol. The van der Waals surface area contributed by atoms with Crippen LogP contribution in [0.25, 0.3) is 16.6 Å². The maximum Gasteiger partial charge on any atom is 0.281 e. The fourth-order valence-corrected chi connectivity index (χ4v) is 5.11. The van der Waals surface area contributed by atoms with E-state index in [0.717, 1.165) is 5.56 Å². The SMILES string of the molecule is Cc1ccc(S(=O)(=O)c2n[nH]n3c2nc(=O)c2ccccc23)c(Br)c1. The molecule has 0 spiro atoms. The zero-order valence-corrected chi connectivity index (χ0v) is 15.3. The molecule has 1 N–H and O–H groups in total. The normalized spacial score (nSPS) is 12.1. The lowest BCUT2D eigenvalue weighted by Crippen LogP contribution is -2.12. The van der Waals surface area contributed by atoms with Gasteiger partial charge in [0.15, 0.2) is 5.65 Å². The highest BCUT2D eigenvalue weighted by molar-refractivity contribution is 9.10. The Balaban J connectivity index is 2.06. The van der Waals surface area contributed by atoms with Gasteiger partial charge in [0.2, 0.25) is 14.9 Å². The number of para-hydroxylation sites is 1. The summed E-state index contributed by atoms with van der Waals surface area (Å²) in [6.45, 7) is 1.86. The molecule has 9 heteroatoms. The van der Waals surface area contributed by atoms with Gasteiger partial charge in [0.05, 0.1) is 15.8 Å². The van der Waals surface area contributed by atoms with Crippen molar-refractivity contribution in [3.05, 3.63) is 62.9 Å². The number of aromatic amines is 1. The van der Waals surface area contributed by atoms with Crippen molar-refractivity contribution in [1.82, 2.24) is 19.8 Å². The van der Waals surface area contributed by atoms with Gasteiger partial charge in [-0.2, -0.15) is 4.98 Å². The molecule has 0 atom stereocenters. The highest BCUT2D eigenvalue weighted by Crippen LogP contribution is 2.29. The van der Waals surface area contributed by atoms with E-state index in [9.17, 15) is 13.2 Å². The van der Waals surface area contributed by atoms with Crippen LogP contribution in [0.4, 0.5) is 0 Å². The number of hydrogen-bond donors (Lipinski definition) is 1. The van der Waals surface area contributed by atoms with Crippen LogP contribution in [0.3, 0.4) is 0 Å². The molecule has 7 nitrogen and oxygen atoms in total. The number of halogens is 1. The van der Waals surface area contributed by atoms with Gasteiger partial charge in [0.1, 0.15) is 0 Å². The molecule has 0 saturated carbocycles. The molecule has 126 valence electrons. The van der Waals surface area contributed by atoms with Crippen LogP contribution in [-0.4, -0.2) is 28.2 Å². The van der Waals surface area contributed by atoms with Crippen LogP contribution in [0.15, 0.2) is 61.7 Å². The topological polar surface area (TPSA) is 97.2 Å². The molecule has 0 aliphatic carbocycles. The number of nitrogens with one attached hydrogen (secondary N) is 1. The highest BCUT2D eigenvalue weighted by atomic mass is 79.9. The van der Waals surface area contributed by atoms with Gasteiger partial charge in [0, 0.05) is 4.47 Å². The van der Waals surface area contributed by atoms with Gasteiger partial charge in [-0.05, 0) is 52.7 Å². The van der Waals surface area contributed by atoms with E-state index in [1.165, 1.54) is 10.6 Å². The van der Waals surface area contributed by atoms with Crippen LogP contribution in [0.2, 0.25) is 0 Å². The molecule has 2 heterocycles. The molecule has 4 aromatic rings. The summed E-state index contributed by atoms with van der Waals surface area (Å²) in [6, 6.07) is 11.7. The van der Waals surface area contributed by atoms with Crippen molar-refractivity contribution in [1.29, 1.82) is 0 Å². The van der Waals surface area contributed by atoms with Gasteiger partial charge >= 0.3 is 0 Å². The first-order valence-corrected chi connectivity index (χ1v) is 9.54. The monoisotopic (exact) mass is 418 g/mol. The minimum Gasteiger partial charge on any atom is -0.267 e. The lowest BCUT2D eigenvalue weighted by atomic mass is 10.2. The minimum absolute atomic E-state index is 0.0313. The average Bonchev–Trinajstić information content (AvgIpc) is 2.99. The quantitative estimate of drug-likeness (QED) is 0.539. The van der Waals surface area contributed by atoms with E-state index in [1.807, 2.05) is 6.92 Å². The highest BCUT2D eigenvalue weighted by Gasteiger charge is 2.28. The fraction of sp³-hybridized carbons (Fsp3) is 0.0625. The molecule has 0 bridgehead atoms. The first-order chi connectivity index (χ1) is 11.9. The second-order valence-electron chi connectivity index (χ2n) is 5.55. The number of rotatable bonds is 2. The van der Waals surface area contributed by atoms with E-state index in [4.69, 9.17) is 0 Å². The Bertz CT molecular complexity index is 1310. The van der Waals surface area contributed by atoms with Crippen molar-refractivity contribution < 1.29 is 8.42 Å². The third kappa shape index (κ3) is 2.38. The first-order valence-electron chi connectivity index (χ1n) is 7.27. The summed E-state index contributed by atoms with van der Waals surface area (Å²) < 4.78 is 27.9. The smallest absolute Gasteiger partial charge is 0.267 e. The zero-order valence-electron chi connectivity index (χ0n) is 12.9. The Labute approximate surface area is 150 Å². The largest absolute Gasteiger partial charge is 0.281 e. The molecule has 0 fully saturated rings. The number of aromatic nitrogens is 4. The van der Waals surface area contributed by atoms with E-state index in [1.54, 1.807) is 36.4 Å². The molecule has 25 heavy (non-hydrogen) atoms. The van der Waals surface area contributed by atoms with Crippen LogP contribution in [0, 0.1) is 6.92 Å². The molecule has 0 saturated heterocycles. The van der Waals surface area contributed by atoms with E-state index in [2.05, 4.69) is 31.2 Å². The number of benzene rings is 2. The molecule has 0 radical (unpaired) electrons. The number of nitrogens with zero attached hydrogens (tertiary/aromatic N) is 3. The van der Waals surface area contributed by atoms with Gasteiger partial charge in [0.25, 0.3) is 5.56 Å². The lowest BCUT2D eigenvalue weighted by molar-refractivity contribution is 0.592. The number of hydrogen-bond acceptors (Lipinski definition) is 5. The van der Waals surface area contributed by atoms with E-state index < -0.39 is 15.4 Å². The summed E-state index contributed by atoms with van der Waals surface area (Å²) >= 11 is 3.28. The summed E-state index contributed by atoms with van der Waals surface area (Å²) in [5, 5.41) is 6.65. The van der Waals surface area contributed by atoms with Gasteiger partial charge < -0.3 is 0 Å². The summed E-state index contributed by atoms with van der Waals surface area (Å²) in [5.74, 6) is 0. The third-order valence-electron chi connectivity index (χ3n) is 3.87. The predicted octanol–water partition coefficient (Wildman–Crippen LogP) is 2.47. The van der Waals surface area contributed by atoms with Gasteiger partial charge in [-0.3, -0.25) is 4.79 Å². The van der Waals surface area contributed by atoms with Crippen molar-refractivity contribution in [2.75, 3.05) is 0 Å². The summed E-state index contributed by atoms with van der Waals surface area (Å²) in [5.41, 5.74) is 0.889. The van der Waals surface area contributed by atoms with Gasteiger partial charge in [-0.25, -0.2) is 18.1 Å². The third-order valence-corrected chi connectivity index (χ3v) is 6.51. The summed E-state index contributed by atoms with van der Waals surface area (Å²) in [6.07, 6.45) is 0. The first kappa shape index (κ1) is 16.0. The average molecular weight is 419 g/mol. The van der Waals surface area contributed by atoms with Crippen LogP contribution < -0.4 is 5.56 Å². The maximum absolute atomic E-state index is 13.0. The van der Waals surface area contributed by atoms with Crippen molar-refractivity contribution in [3.63, 3.8) is 0 Å². The molecule has 2 aromatic carbocycles. The predicted molar refractivity (Wildman–Crippen MR) is 95.4 cm³/mol. The van der Waals surface area contributed by atoms with E-state index in [-0.39, 0.29) is 15.6 Å². The maximum atomic E-state index is 13.0. The van der Waals surface area contributed by atoms with Crippen LogP contribution in [-0.2, 0) is 9.84 Å². The number of fused-ring (bicyclic) bond motifs is 3. The Morgan fingerprint density at radius 3 is 2.68 bits per heavy atom. The van der Waals surface area contributed by atoms with Crippen molar-refractivity contribution in [3.8, 4) is 0 Å². The Kier molecular flexibility index (Phi) is 3.51. The molecule has 0 unspecified atom stereocenters. The van der Waals surface area contributed by atoms with E-state index >= 15 is 0 Å². The lowest BCUT2D eigenvalue weighted by Gasteiger charge is -2.05. The number of sulfone groups is 1. The van der Waals surface area contributed by atoms with Crippen LogP contribution >= 0.6 is 15.9 Å². The molecule has 0 aliphatic rings. The second-order valence-corrected chi connectivity index (χ2v) is 8.24. The summed E-state index contributed by atoms with van der Waals surface area (Å²) in [4.78, 5) is 16.2. The Morgan fingerprint density at radius 1 is 1.16 bits per heavy atom. The molecule has 2 aromatic heterocycles. The Hall–Kier alpha value is -2.52. The van der Waals surface area contributed by atoms with Crippen molar-refractivity contribution in [2.24, 2.45) is 0 Å². The second kappa shape index (κ2) is 5.50. The van der Waals surface area contributed by atoms with Crippen LogP contribution in [0.5, 0.6) is 0 Å². The minimum atomic E-state index is -3.97. The number of H-pyrrole nitrogens is 1. The summed E-state index contributed by atoms with van der Waals surface area (Å²) in [7, 11) is -3.97. The van der Waals surface area contributed by atoms with E-state index in [0.29, 0.717) is 15.4 Å². The number of aryl methyl sites for hydroxylation is 1. The molecule has 0 aliphatic heterocycles.